The van der Waals surface area contributed by atoms with Gasteiger partial charge in [-0.15, -0.1) is 5.10 Å². The average Bonchev–Trinajstić information content (AvgIpc) is 2.86. The Morgan fingerprint density at radius 3 is 2.90 bits per heavy atom. The van der Waals surface area contributed by atoms with E-state index in [1.54, 1.807) is 0 Å². The van der Waals surface area contributed by atoms with E-state index in [1.165, 1.54) is 12.3 Å². The van der Waals surface area contributed by atoms with Crippen molar-refractivity contribution in [2.45, 2.75) is 12.5 Å². The van der Waals surface area contributed by atoms with Gasteiger partial charge >= 0.3 is 5.97 Å². The predicted molar refractivity (Wildman–Crippen MR) is 67.3 cm³/mol. The summed E-state index contributed by atoms with van der Waals surface area (Å²) >= 11 is 0. The fraction of sp³-hybridized carbons (Fsp3) is 0.182. The van der Waals surface area contributed by atoms with Crippen LogP contribution in [0.5, 0.6) is 0 Å². The minimum Gasteiger partial charge on any atom is -0.480 e. The molecule has 3 N–H and O–H groups in total. The van der Waals surface area contributed by atoms with Crippen LogP contribution < -0.4 is 5.73 Å². The lowest BCUT2D eigenvalue weighted by Gasteiger charge is -2.02. The number of carboxylic acids is 1. The second-order valence-corrected chi connectivity index (χ2v) is 4.19. The zero-order valence-corrected chi connectivity index (χ0v) is 10.5. The van der Waals surface area contributed by atoms with E-state index < -0.39 is 28.4 Å². The Balaban J connectivity index is 2.34. The smallest absolute Gasteiger partial charge is 0.320 e. The minimum atomic E-state index is -1.20. The molecule has 0 spiro atoms. The molecule has 0 saturated carbocycles. The monoisotopic (exact) mass is 295 g/mol. The van der Waals surface area contributed by atoms with Gasteiger partial charge in [-0.05, 0) is 12.1 Å². The molecule has 2 aromatic rings. The molecule has 0 amide bonds. The number of nitro groups is 1. The first-order chi connectivity index (χ1) is 9.88. The molecule has 0 aliphatic rings. The van der Waals surface area contributed by atoms with E-state index in [-0.39, 0.29) is 17.8 Å². The average molecular weight is 295 g/mol. The summed E-state index contributed by atoms with van der Waals surface area (Å²) in [7, 11) is 0. The highest BCUT2D eigenvalue weighted by Gasteiger charge is 2.19. The zero-order valence-electron chi connectivity index (χ0n) is 10.5. The van der Waals surface area contributed by atoms with Gasteiger partial charge in [-0.1, -0.05) is 5.21 Å². The first-order valence-corrected chi connectivity index (χ1v) is 5.72. The van der Waals surface area contributed by atoms with Crippen LogP contribution in [0.2, 0.25) is 0 Å². The molecule has 1 aromatic heterocycles. The standard InChI is InChI=1S/C11H10FN5O4/c12-6-1-2-9(10(3-6)17(20)21)16-5-7(14-15-16)4-8(13)11(18)19/h1-3,5,8H,4,13H2,(H,18,19). The van der Waals surface area contributed by atoms with E-state index in [0.717, 1.165) is 16.8 Å². The number of benzene rings is 1. The number of nitro benzene ring substituents is 1. The van der Waals surface area contributed by atoms with Crippen molar-refractivity contribution in [1.82, 2.24) is 15.0 Å². The van der Waals surface area contributed by atoms with Crippen LogP contribution in [0.15, 0.2) is 24.4 Å². The third-order valence-electron chi connectivity index (χ3n) is 2.67. The number of aliphatic carboxylic acids is 1. The van der Waals surface area contributed by atoms with Gasteiger partial charge in [0.05, 0.1) is 22.9 Å². The molecule has 0 saturated heterocycles. The van der Waals surface area contributed by atoms with Crippen molar-refractivity contribution in [2.75, 3.05) is 0 Å². The normalized spacial score (nSPS) is 12.1. The van der Waals surface area contributed by atoms with E-state index in [0.29, 0.717) is 0 Å². The summed E-state index contributed by atoms with van der Waals surface area (Å²) < 4.78 is 14.1. The minimum absolute atomic E-state index is 0.0176. The summed E-state index contributed by atoms with van der Waals surface area (Å²) in [5, 5.41) is 27.0. The number of carbonyl (C=O) groups is 1. The Kier molecular flexibility index (Phi) is 3.89. The first-order valence-electron chi connectivity index (χ1n) is 5.72. The lowest BCUT2D eigenvalue weighted by Crippen LogP contribution is -2.32. The maximum atomic E-state index is 13.1. The Hall–Kier alpha value is -2.88. The van der Waals surface area contributed by atoms with Gasteiger partial charge in [-0.2, -0.15) is 0 Å². The van der Waals surface area contributed by atoms with Crippen LogP contribution in [-0.2, 0) is 11.2 Å². The zero-order chi connectivity index (χ0) is 15.6. The Morgan fingerprint density at radius 1 is 1.57 bits per heavy atom. The number of nitrogens with zero attached hydrogens (tertiary/aromatic N) is 4. The number of hydrogen-bond acceptors (Lipinski definition) is 6. The molecule has 1 unspecified atom stereocenters. The molecule has 0 fully saturated rings. The number of hydrogen-bond donors (Lipinski definition) is 2. The van der Waals surface area contributed by atoms with E-state index in [1.807, 2.05) is 0 Å². The number of halogens is 1. The Labute approximate surface area is 116 Å². The van der Waals surface area contributed by atoms with E-state index >= 15 is 0 Å². The highest BCUT2D eigenvalue weighted by Crippen LogP contribution is 2.23. The van der Waals surface area contributed by atoms with E-state index in [2.05, 4.69) is 10.3 Å². The van der Waals surface area contributed by atoms with Gasteiger partial charge < -0.3 is 10.8 Å². The van der Waals surface area contributed by atoms with Gasteiger partial charge in [0.15, 0.2) is 0 Å². The summed E-state index contributed by atoms with van der Waals surface area (Å²) in [6.07, 6.45) is 1.23. The number of rotatable bonds is 5. The maximum absolute atomic E-state index is 13.1. The second-order valence-electron chi connectivity index (χ2n) is 4.19. The molecule has 0 aliphatic carbocycles. The van der Waals surface area contributed by atoms with Gasteiger partial charge in [0, 0.05) is 6.42 Å². The largest absolute Gasteiger partial charge is 0.480 e. The topological polar surface area (TPSA) is 137 Å². The molecule has 0 aliphatic heterocycles. The molecule has 0 radical (unpaired) electrons. The predicted octanol–water partition coefficient (Wildman–Crippen LogP) is 0.269. The van der Waals surface area contributed by atoms with Crippen LogP contribution in [0.1, 0.15) is 5.69 Å². The highest BCUT2D eigenvalue weighted by atomic mass is 19.1. The van der Waals surface area contributed by atoms with E-state index in [9.17, 15) is 19.3 Å². The lowest BCUT2D eigenvalue weighted by molar-refractivity contribution is -0.384. The molecule has 110 valence electrons. The van der Waals surface area contributed by atoms with Crippen LogP contribution in [0.25, 0.3) is 5.69 Å². The molecule has 1 aromatic carbocycles. The molecule has 2 rings (SSSR count). The van der Waals surface area contributed by atoms with Crippen LogP contribution >= 0.6 is 0 Å². The molecule has 1 atom stereocenters. The SMILES string of the molecule is NC(Cc1cn(-c2ccc(F)cc2[N+](=O)[O-])nn1)C(=O)O. The van der Waals surface area contributed by atoms with E-state index in [4.69, 9.17) is 10.8 Å². The third kappa shape index (κ3) is 3.17. The molecular weight excluding hydrogens is 285 g/mol. The van der Waals surface area contributed by atoms with Gasteiger partial charge in [0.1, 0.15) is 17.5 Å². The van der Waals surface area contributed by atoms with Crippen molar-refractivity contribution in [1.29, 1.82) is 0 Å². The van der Waals surface area contributed by atoms with Crippen molar-refractivity contribution in [3.63, 3.8) is 0 Å². The number of aromatic nitrogens is 3. The van der Waals surface area contributed by atoms with Crippen molar-refractivity contribution in [3.05, 3.63) is 46.0 Å². The highest BCUT2D eigenvalue weighted by molar-refractivity contribution is 5.73. The Bertz CT molecular complexity index is 702. The molecule has 1 heterocycles. The molecule has 10 heteroatoms. The summed E-state index contributed by atoms with van der Waals surface area (Å²) in [6.45, 7) is 0. The second kappa shape index (κ2) is 5.63. The van der Waals surface area contributed by atoms with Crippen molar-refractivity contribution >= 4 is 11.7 Å². The fourth-order valence-electron chi connectivity index (χ4n) is 1.66. The summed E-state index contributed by atoms with van der Waals surface area (Å²) in [4.78, 5) is 20.8. The summed E-state index contributed by atoms with van der Waals surface area (Å²) in [5.74, 6) is -1.95. The van der Waals surface area contributed by atoms with Gasteiger partial charge in [-0.25, -0.2) is 9.07 Å². The third-order valence-corrected chi connectivity index (χ3v) is 2.67. The van der Waals surface area contributed by atoms with Crippen molar-refractivity contribution in [2.24, 2.45) is 5.73 Å². The van der Waals surface area contributed by atoms with Gasteiger partial charge in [0.25, 0.3) is 5.69 Å². The van der Waals surface area contributed by atoms with Gasteiger partial charge in [-0.3, -0.25) is 14.9 Å². The molecular formula is C11H10FN5O4. The Morgan fingerprint density at radius 2 is 2.29 bits per heavy atom. The van der Waals surface area contributed by atoms with Gasteiger partial charge in [0.2, 0.25) is 0 Å². The summed E-state index contributed by atoms with van der Waals surface area (Å²) in [5.41, 5.74) is 5.15. The molecule has 9 nitrogen and oxygen atoms in total. The number of carboxylic acid groups (broad SMARTS) is 1. The lowest BCUT2D eigenvalue weighted by atomic mass is 10.2. The van der Waals surface area contributed by atoms with Crippen molar-refractivity contribution < 1.29 is 19.2 Å². The summed E-state index contributed by atoms with van der Waals surface area (Å²) in [6, 6.07) is 1.84. The van der Waals surface area contributed by atoms with Crippen LogP contribution in [0.3, 0.4) is 0 Å². The van der Waals surface area contributed by atoms with Crippen LogP contribution in [0, 0.1) is 15.9 Å². The molecule has 0 bridgehead atoms. The first kappa shape index (κ1) is 14.5. The van der Waals surface area contributed by atoms with Crippen LogP contribution in [0.4, 0.5) is 10.1 Å². The van der Waals surface area contributed by atoms with Crippen LogP contribution in [-0.4, -0.2) is 37.0 Å². The fourth-order valence-corrected chi connectivity index (χ4v) is 1.66. The number of nitrogens with two attached hydrogens (primary N) is 1. The maximum Gasteiger partial charge on any atom is 0.320 e. The van der Waals surface area contributed by atoms with Crippen molar-refractivity contribution in [3.8, 4) is 5.69 Å². The molecule has 21 heavy (non-hydrogen) atoms. The quantitative estimate of drug-likeness (QED) is 0.596.